The van der Waals surface area contributed by atoms with Gasteiger partial charge >= 0.3 is 5.97 Å². The molecule has 0 bridgehead atoms. The summed E-state index contributed by atoms with van der Waals surface area (Å²) in [5.41, 5.74) is 2.78. The third-order valence-corrected chi connectivity index (χ3v) is 3.26. The van der Waals surface area contributed by atoms with E-state index in [1.165, 1.54) is 7.11 Å². The quantitative estimate of drug-likeness (QED) is 0.851. The number of anilines is 1. The number of para-hydroxylation sites is 1. The van der Waals surface area contributed by atoms with E-state index in [2.05, 4.69) is 10.3 Å². The van der Waals surface area contributed by atoms with Crippen molar-refractivity contribution < 1.29 is 9.53 Å². The van der Waals surface area contributed by atoms with E-state index in [-0.39, 0.29) is 5.97 Å². The van der Waals surface area contributed by atoms with Crippen molar-refractivity contribution in [1.82, 2.24) is 9.55 Å². The fourth-order valence-electron chi connectivity index (χ4n) is 2.10. The number of aryl methyl sites for hydroxylation is 2. The molecule has 1 unspecified atom stereocenters. The van der Waals surface area contributed by atoms with Gasteiger partial charge in [0, 0.05) is 12.2 Å². The third kappa shape index (κ3) is 2.82. The van der Waals surface area contributed by atoms with Gasteiger partial charge in [-0.3, -0.25) is 0 Å². The summed E-state index contributed by atoms with van der Waals surface area (Å²) >= 11 is 0. The molecule has 0 aliphatic carbocycles. The summed E-state index contributed by atoms with van der Waals surface area (Å²) < 4.78 is 6.83. The predicted octanol–water partition coefficient (Wildman–Crippen LogP) is 2.54. The van der Waals surface area contributed by atoms with Gasteiger partial charge in [-0.05, 0) is 25.5 Å². The van der Waals surface area contributed by atoms with Crippen molar-refractivity contribution in [1.29, 1.82) is 0 Å². The van der Waals surface area contributed by atoms with E-state index in [1.54, 1.807) is 12.5 Å². The molecule has 5 nitrogen and oxygen atoms in total. The number of benzene rings is 1. The van der Waals surface area contributed by atoms with Crippen molar-refractivity contribution in [2.24, 2.45) is 0 Å². The number of hydrogen-bond donors (Lipinski definition) is 1. The van der Waals surface area contributed by atoms with Crippen LogP contribution in [0.4, 0.5) is 5.69 Å². The standard InChI is InChI=1S/C15H19N3O2/c1-4-18-10-16-9-13(18)14(15(19)20-3)17-12-8-6-5-7-11(12)2/h5-10,14,17H,4H2,1-3H3. The van der Waals surface area contributed by atoms with Gasteiger partial charge in [0.15, 0.2) is 6.04 Å². The summed E-state index contributed by atoms with van der Waals surface area (Å²) in [7, 11) is 1.39. The lowest BCUT2D eigenvalue weighted by Gasteiger charge is -2.20. The van der Waals surface area contributed by atoms with Gasteiger partial charge in [0.25, 0.3) is 0 Å². The van der Waals surface area contributed by atoms with Crippen LogP contribution in [0.1, 0.15) is 24.2 Å². The summed E-state index contributed by atoms with van der Waals surface area (Å²) in [6.07, 6.45) is 3.40. The molecule has 0 saturated carbocycles. The van der Waals surface area contributed by atoms with E-state index in [0.717, 1.165) is 23.5 Å². The number of carbonyl (C=O) groups is 1. The molecular formula is C15H19N3O2. The summed E-state index contributed by atoms with van der Waals surface area (Å²) in [4.78, 5) is 16.2. The zero-order valence-corrected chi connectivity index (χ0v) is 12.0. The lowest BCUT2D eigenvalue weighted by molar-refractivity contribution is -0.141. The van der Waals surface area contributed by atoms with Gasteiger partial charge in [-0.1, -0.05) is 18.2 Å². The fourth-order valence-corrected chi connectivity index (χ4v) is 2.10. The number of methoxy groups -OCH3 is 1. The SMILES string of the molecule is CCn1cncc1C(Nc1ccccc1C)C(=O)OC. The van der Waals surface area contributed by atoms with Gasteiger partial charge in [-0.25, -0.2) is 9.78 Å². The zero-order valence-electron chi connectivity index (χ0n) is 12.0. The highest BCUT2D eigenvalue weighted by Crippen LogP contribution is 2.23. The first-order chi connectivity index (χ1) is 9.67. The molecule has 0 saturated heterocycles. The van der Waals surface area contributed by atoms with Gasteiger partial charge in [0.1, 0.15) is 0 Å². The Kier molecular flexibility index (Phi) is 4.40. The zero-order chi connectivity index (χ0) is 14.5. The van der Waals surface area contributed by atoms with Gasteiger partial charge in [-0.15, -0.1) is 0 Å². The molecule has 2 rings (SSSR count). The van der Waals surface area contributed by atoms with Crippen LogP contribution in [0.3, 0.4) is 0 Å². The Morgan fingerprint density at radius 2 is 2.20 bits per heavy atom. The van der Waals surface area contributed by atoms with Gasteiger partial charge < -0.3 is 14.6 Å². The van der Waals surface area contributed by atoms with E-state index in [4.69, 9.17) is 4.74 Å². The molecule has 1 N–H and O–H groups in total. The molecule has 1 aromatic carbocycles. The van der Waals surface area contributed by atoms with E-state index in [0.29, 0.717) is 0 Å². The Balaban J connectivity index is 2.34. The molecule has 5 heteroatoms. The highest BCUT2D eigenvalue weighted by atomic mass is 16.5. The van der Waals surface area contributed by atoms with Gasteiger partial charge in [-0.2, -0.15) is 0 Å². The maximum atomic E-state index is 12.1. The molecule has 0 radical (unpaired) electrons. The second-order valence-electron chi connectivity index (χ2n) is 4.52. The first-order valence-electron chi connectivity index (χ1n) is 6.57. The van der Waals surface area contributed by atoms with Crippen molar-refractivity contribution in [2.45, 2.75) is 26.4 Å². The minimum atomic E-state index is -0.566. The number of imidazole rings is 1. The Labute approximate surface area is 118 Å². The van der Waals surface area contributed by atoms with Crippen LogP contribution in [0, 0.1) is 6.92 Å². The van der Waals surface area contributed by atoms with E-state index >= 15 is 0 Å². The molecule has 1 aromatic heterocycles. The normalized spacial score (nSPS) is 11.9. The van der Waals surface area contributed by atoms with Crippen LogP contribution in [0.2, 0.25) is 0 Å². The van der Waals surface area contributed by atoms with Gasteiger partial charge in [0.2, 0.25) is 0 Å². The first kappa shape index (κ1) is 14.1. The Bertz CT molecular complexity index is 592. The smallest absolute Gasteiger partial charge is 0.334 e. The molecule has 0 aliphatic heterocycles. The predicted molar refractivity (Wildman–Crippen MR) is 77.5 cm³/mol. The largest absolute Gasteiger partial charge is 0.467 e. The molecule has 20 heavy (non-hydrogen) atoms. The molecule has 0 spiro atoms. The number of carbonyl (C=O) groups excluding carboxylic acids is 1. The second kappa shape index (κ2) is 6.23. The minimum absolute atomic E-state index is 0.330. The summed E-state index contributed by atoms with van der Waals surface area (Å²) in [5.74, 6) is -0.330. The molecule has 1 heterocycles. The van der Waals surface area contributed by atoms with Crippen LogP contribution < -0.4 is 5.32 Å². The average molecular weight is 273 g/mol. The molecule has 2 aromatic rings. The number of nitrogens with one attached hydrogen (secondary N) is 1. The Morgan fingerprint density at radius 3 is 2.85 bits per heavy atom. The maximum Gasteiger partial charge on any atom is 0.334 e. The minimum Gasteiger partial charge on any atom is -0.467 e. The molecule has 1 atom stereocenters. The van der Waals surface area contributed by atoms with Crippen molar-refractivity contribution in [3.8, 4) is 0 Å². The van der Waals surface area contributed by atoms with Crippen molar-refractivity contribution in [3.05, 3.63) is 48.0 Å². The van der Waals surface area contributed by atoms with Crippen LogP contribution in [0.5, 0.6) is 0 Å². The first-order valence-corrected chi connectivity index (χ1v) is 6.57. The van der Waals surface area contributed by atoms with E-state index < -0.39 is 6.04 Å². The fraction of sp³-hybridized carbons (Fsp3) is 0.333. The maximum absolute atomic E-state index is 12.1. The topological polar surface area (TPSA) is 56.2 Å². The van der Waals surface area contributed by atoms with E-state index in [1.807, 2.05) is 42.7 Å². The van der Waals surface area contributed by atoms with Crippen LogP contribution in [-0.4, -0.2) is 22.6 Å². The average Bonchev–Trinajstić information content (AvgIpc) is 2.93. The summed E-state index contributed by atoms with van der Waals surface area (Å²) in [6.45, 7) is 4.75. The van der Waals surface area contributed by atoms with Crippen LogP contribution in [0.15, 0.2) is 36.8 Å². The molecule has 106 valence electrons. The highest BCUT2D eigenvalue weighted by Gasteiger charge is 2.25. The lowest BCUT2D eigenvalue weighted by atomic mass is 10.1. The number of esters is 1. The van der Waals surface area contributed by atoms with E-state index in [9.17, 15) is 4.79 Å². The third-order valence-electron chi connectivity index (χ3n) is 3.26. The van der Waals surface area contributed by atoms with Gasteiger partial charge in [0.05, 0.1) is 25.3 Å². The highest BCUT2D eigenvalue weighted by molar-refractivity contribution is 5.80. The molecule has 0 fully saturated rings. The number of aromatic nitrogens is 2. The van der Waals surface area contributed by atoms with Crippen molar-refractivity contribution in [3.63, 3.8) is 0 Å². The van der Waals surface area contributed by atoms with Crippen molar-refractivity contribution in [2.75, 3.05) is 12.4 Å². The van der Waals surface area contributed by atoms with Crippen LogP contribution in [0.25, 0.3) is 0 Å². The summed E-state index contributed by atoms with van der Waals surface area (Å²) in [6, 6.07) is 7.26. The number of hydrogen-bond acceptors (Lipinski definition) is 4. The molecule has 0 amide bonds. The molecular weight excluding hydrogens is 254 g/mol. The van der Waals surface area contributed by atoms with Crippen molar-refractivity contribution >= 4 is 11.7 Å². The lowest BCUT2D eigenvalue weighted by Crippen LogP contribution is -2.25. The number of rotatable bonds is 5. The number of ether oxygens (including phenoxy) is 1. The Morgan fingerprint density at radius 1 is 1.45 bits per heavy atom. The monoisotopic (exact) mass is 273 g/mol. The number of nitrogens with zero attached hydrogens (tertiary/aromatic N) is 2. The Hall–Kier alpha value is -2.30. The summed E-state index contributed by atoms with van der Waals surface area (Å²) in [5, 5.41) is 3.24. The molecule has 0 aliphatic rings. The van der Waals surface area contributed by atoms with Crippen LogP contribution >= 0.6 is 0 Å². The van der Waals surface area contributed by atoms with Crippen LogP contribution in [-0.2, 0) is 16.1 Å². The second-order valence-corrected chi connectivity index (χ2v) is 4.52.